The Kier molecular flexibility index (Phi) is 6.13. The number of hydrogen-bond acceptors (Lipinski definition) is 5. The van der Waals surface area contributed by atoms with E-state index in [-0.39, 0.29) is 10.8 Å². The fourth-order valence-corrected chi connectivity index (χ4v) is 3.00. The van der Waals surface area contributed by atoms with Gasteiger partial charge in [0.05, 0.1) is 18.6 Å². The molecule has 8 heteroatoms. The van der Waals surface area contributed by atoms with E-state index in [1.54, 1.807) is 24.3 Å². The number of benzene rings is 2. The van der Waals surface area contributed by atoms with E-state index in [4.69, 9.17) is 9.57 Å². The largest absolute Gasteiger partial charge is 0.494 e. The summed E-state index contributed by atoms with van der Waals surface area (Å²) < 4.78 is 30.3. The normalized spacial score (nSPS) is 11.4. The minimum Gasteiger partial charge on any atom is -0.494 e. The van der Waals surface area contributed by atoms with Gasteiger partial charge in [-0.3, -0.25) is 9.63 Å². The van der Waals surface area contributed by atoms with Crippen LogP contribution in [0.5, 0.6) is 5.75 Å². The van der Waals surface area contributed by atoms with Gasteiger partial charge < -0.3 is 10.1 Å². The maximum absolute atomic E-state index is 12.2. The molecule has 0 aliphatic heterocycles. The molecular formula is C17H20N2O5S. The zero-order valence-corrected chi connectivity index (χ0v) is 15.0. The van der Waals surface area contributed by atoms with Gasteiger partial charge in [-0.1, -0.05) is 4.47 Å². The van der Waals surface area contributed by atoms with Gasteiger partial charge >= 0.3 is 0 Å². The molecule has 2 rings (SSSR count). The number of rotatable bonds is 7. The molecule has 134 valence electrons. The molecule has 0 aliphatic carbocycles. The highest BCUT2D eigenvalue weighted by molar-refractivity contribution is 7.89. The topological polar surface area (TPSA) is 84.9 Å². The minimum atomic E-state index is -3.74. The van der Waals surface area contributed by atoms with Crippen molar-refractivity contribution in [3.05, 3.63) is 54.1 Å². The summed E-state index contributed by atoms with van der Waals surface area (Å²) in [6.45, 7) is 2.46. The first-order valence-corrected chi connectivity index (χ1v) is 8.99. The Labute approximate surface area is 147 Å². The molecule has 0 saturated heterocycles. The maximum atomic E-state index is 12.2. The first-order chi connectivity index (χ1) is 11.9. The zero-order valence-electron chi connectivity index (χ0n) is 14.2. The second-order valence-corrected chi connectivity index (χ2v) is 6.97. The van der Waals surface area contributed by atoms with Gasteiger partial charge in [-0.15, -0.1) is 0 Å². The second kappa shape index (κ2) is 8.11. The molecule has 0 spiro atoms. The van der Waals surface area contributed by atoms with Crippen LogP contribution in [-0.2, 0) is 14.9 Å². The Balaban J connectivity index is 2.10. The lowest BCUT2D eigenvalue weighted by Gasteiger charge is -2.14. The van der Waals surface area contributed by atoms with Crippen LogP contribution in [0.25, 0.3) is 0 Å². The number of hydroxylamine groups is 1. The van der Waals surface area contributed by atoms with Crippen LogP contribution >= 0.6 is 0 Å². The summed E-state index contributed by atoms with van der Waals surface area (Å²) in [5.74, 6) is 0.380. The number of ether oxygens (including phenoxy) is 1. The summed E-state index contributed by atoms with van der Waals surface area (Å²) in [5.41, 5.74) is 0.956. The van der Waals surface area contributed by atoms with Gasteiger partial charge in [0.25, 0.3) is 15.9 Å². The first-order valence-electron chi connectivity index (χ1n) is 7.55. The molecule has 1 N–H and O–H groups in total. The molecule has 0 heterocycles. The van der Waals surface area contributed by atoms with Gasteiger partial charge in [0.15, 0.2) is 0 Å². The highest BCUT2D eigenvalue weighted by atomic mass is 32.2. The molecular weight excluding hydrogens is 344 g/mol. The standard InChI is InChI=1S/C17H20N2O5S/c1-4-24-15-9-7-14(8-10-15)18-17(20)13-5-11-16(12-6-13)25(21,22)19(2)23-3/h5-12H,4H2,1-3H3,(H,18,20). The third kappa shape index (κ3) is 4.56. The zero-order chi connectivity index (χ0) is 18.4. The van der Waals surface area contributed by atoms with Gasteiger partial charge in [0.2, 0.25) is 0 Å². The van der Waals surface area contributed by atoms with Crippen molar-refractivity contribution in [2.45, 2.75) is 11.8 Å². The highest BCUT2D eigenvalue weighted by Crippen LogP contribution is 2.18. The molecule has 1 amide bonds. The van der Waals surface area contributed by atoms with Crippen LogP contribution in [0.4, 0.5) is 5.69 Å². The molecule has 0 fully saturated rings. The van der Waals surface area contributed by atoms with Crippen molar-refractivity contribution in [2.24, 2.45) is 0 Å². The summed E-state index contributed by atoms with van der Waals surface area (Å²) in [5, 5.41) is 2.74. The predicted molar refractivity (Wildman–Crippen MR) is 94.0 cm³/mol. The highest BCUT2D eigenvalue weighted by Gasteiger charge is 2.20. The summed E-state index contributed by atoms with van der Waals surface area (Å²) >= 11 is 0. The van der Waals surface area contributed by atoms with Crippen LogP contribution in [0, 0.1) is 0 Å². The van der Waals surface area contributed by atoms with Crippen LogP contribution < -0.4 is 10.1 Å². The van der Waals surface area contributed by atoms with Gasteiger partial charge in [-0.05, 0) is 55.5 Å². The SMILES string of the molecule is CCOc1ccc(NC(=O)c2ccc(S(=O)(=O)N(C)OC)cc2)cc1. The number of carbonyl (C=O) groups is 1. The van der Waals surface area contributed by atoms with Gasteiger partial charge in [-0.2, -0.15) is 0 Å². The Morgan fingerprint density at radius 1 is 1.08 bits per heavy atom. The third-order valence-corrected chi connectivity index (χ3v) is 5.13. The number of nitrogens with one attached hydrogen (secondary N) is 1. The number of amides is 1. The Morgan fingerprint density at radius 3 is 2.20 bits per heavy atom. The van der Waals surface area contributed by atoms with E-state index in [9.17, 15) is 13.2 Å². The number of sulfonamides is 1. The molecule has 0 bridgehead atoms. The fourth-order valence-electron chi connectivity index (χ4n) is 2.03. The van der Waals surface area contributed by atoms with E-state index in [2.05, 4.69) is 5.32 Å². The average molecular weight is 364 g/mol. The van der Waals surface area contributed by atoms with E-state index in [0.29, 0.717) is 17.9 Å². The molecule has 0 radical (unpaired) electrons. The number of carbonyl (C=O) groups excluding carboxylic acids is 1. The van der Waals surface area contributed by atoms with Crippen molar-refractivity contribution in [3.63, 3.8) is 0 Å². The van der Waals surface area contributed by atoms with E-state index in [1.165, 1.54) is 38.4 Å². The lowest BCUT2D eigenvalue weighted by Crippen LogP contribution is -2.25. The molecule has 2 aromatic carbocycles. The lowest BCUT2D eigenvalue weighted by atomic mass is 10.2. The smallest absolute Gasteiger partial charge is 0.264 e. The van der Waals surface area contributed by atoms with Crippen molar-refractivity contribution in [2.75, 3.05) is 26.1 Å². The van der Waals surface area contributed by atoms with E-state index in [1.807, 2.05) is 6.92 Å². The van der Waals surface area contributed by atoms with Gasteiger partial charge in [0, 0.05) is 18.3 Å². The van der Waals surface area contributed by atoms with Crippen LogP contribution in [0.15, 0.2) is 53.4 Å². The van der Waals surface area contributed by atoms with Gasteiger partial charge in [-0.25, -0.2) is 8.42 Å². The summed E-state index contributed by atoms with van der Waals surface area (Å²) in [7, 11) is -1.18. The minimum absolute atomic E-state index is 0.0365. The van der Waals surface area contributed by atoms with Crippen molar-refractivity contribution in [1.29, 1.82) is 0 Å². The Morgan fingerprint density at radius 2 is 1.68 bits per heavy atom. The van der Waals surface area contributed by atoms with E-state index in [0.717, 1.165) is 10.2 Å². The first kappa shape index (κ1) is 18.9. The van der Waals surface area contributed by atoms with Crippen LogP contribution in [-0.4, -0.2) is 39.6 Å². The molecule has 2 aromatic rings. The Bertz CT molecular complexity index is 817. The monoisotopic (exact) mass is 364 g/mol. The summed E-state index contributed by atoms with van der Waals surface area (Å²) in [6.07, 6.45) is 0. The van der Waals surface area contributed by atoms with Crippen LogP contribution in [0.1, 0.15) is 17.3 Å². The van der Waals surface area contributed by atoms with Crippen molar-refractivity contribution >= 4 is 21.6 Å². The molecule has 0 unspecified atom stereocenters. The summed E-state index contributed by atoms with van der Waals surface area (Å²) in [6, 6.07) is 12.6. The predicted octanol–water partition coefficient (Wildman–Crippen LogP) is 2.52. The maximum Gasteiger partial charge on any atom is 0.264 e. The van der Waals surface area contributed by atoms with Crippen LogP contribution in [0.2, 0.25) is 0 Å². The second-order valence-electron chi connectivity index (χ2n) is 5.03. The molecule has 0 aromatic heterocycles. The molecule has 0 saturated carbocycles. The lowest BCUT2D eigenvalue weighted by molar-refractivity contribution is -0.0258. The fraction of sp³-hybridized carbons (Fsp3) is 0.235. The van der Waals surface area contributed by atoms with Crippen LogP contribution in [0.3, 0.4) is 0 Å². The molecule has 0 atom stereocenters. The number of hydrogen-bond donors (Lipinski definition) is 1. The quantitative estimate of drug-likeness (QED) is 0.763. The van der Waals surface area contributed by atoms with E-state index >= 15 is 0 Å². The van der Waals surface area contributed by atoms with E-state index < -0.39 is 10.0 Å². The Hall–Kier alpha value is -2.42. The summed E-state index contributed by atoms with van der Waals surface area (Å²) in [4.78, 5) is 17.0. The molecule has 7 nitrogen and oxygen atoms in total. The number of nitrogens with zero attached hydrogens (tertiary/aromatic N) is 1. The molecule has 25 heavy (non-hydrogen) atoms. The van der Waals surface area contributed by atoms with Gasteiger partial charge in [0.1, 0.15) is 5.75 Å². The molecule has 0 aliphatic rings. The number of anilines is 1. The average Bonchev–Trinajstić information content (AvgIpc) is 2.63. The van der Waals surface area contributed by atoms with Crippen molar-refractivity contribution in [1.82, 2.24) is 4.47 Å². The van der Waals surface area contributed by atoms with Crippen molar-refractivity contribution in [3.8, 4) is 5.75 Å². The van der Waals surface area contributed by atoms with Crippen molar-refractivity contribution < 1.29 is 22.8 Å². The third-order valence-electron chi connectivity index (χ3n) is 3.43.